The Labute approximate surface area is 116 Å². The van der Waals surface area contributed by atoms with Gasteiger partial charge in [-0.25, -0.2) is 0 Å². The van der Waals surface area contributed by atoms with Crippen LogP contribution in [-0.4, -0.2) is 19.3 Å². The minimum absolute atomic E-state index is 0.316. The van der Waals surface area contributed by atoms with Crippen molar-refractivity contribution in [2.75, 3.05) is 18.5 Å². The summed E-state index contributed by atoms with van der Waals surface area (Å²) in [6.45, 7) is 8.61. The molecule has 0 spiro atoms. The molecule has 0 saturated heterocycles. The second kappa shape index (κ2) is 7.68. The summed E-state index contributed by atoms with van der Waals surface area (Å²) in [5.74, 6) is 0. The summed E-state index contributed by atoms with van der Waals surface area (Å²) in [7, 11) is -3.00. The topological polar surface area (TPSA) is 47.6 Å². The summed E-state index contributed by atoms with van der Waals surface area (Å²) in [6, 6.07) is 8.27. The molecule has 1 rings (SSSR count). The molecule has 0 saturated carbocycles. The van der Waals surface area contributed by atoms with Crippen LogP contribution in [0.5, 0.6) is 0 Å². The van der Waals surface area contributed by atoms with E-state index in [0.717, 1.165) is 11.3 Å². The van der Waals surface area contributed by atoms with E-state index in [9.17, 15) is 4.57 Å². The van der Waals surface area contributed by atoms with Crippen molar-refractivity contribution in [1.82, 2.24) is 0 Å². The molecular formula is C14H24NO3P. The standard InChI is InChI=1S/C14H24NO3P/c1-5-17-19(16,18-6-2)11-13-7-9-14(10-8-13)15-12(3)4/h7-10,12,15H,5-6,11H2,1-4H3. The van der Waals surface area contributed by atoms with Gasteiger partial charge >= 0.3 is 7.60 Å². The number of rotatable bonds is 8. The number of anilines is 1. The summed E-state index contributed by atoms with van der Waals surface area (Å²) in [5, 5.41) is 3.31. The maximum absolute atomic E-state index is 12.4. The van der Waals surface area contributed by atoms with Gasteiger partial charge in [-0.3, -0.25) is 4.57 Å². The maximum atomic E-state index is 12.4. The second-order valence-corrected chi connectivity index (χ2v) is 6.65. The summed E-state index contributed by atoms with van der Waals surface area (Å²) in [4.78, 5) is 0. The van der Waals surface area contributed by atoms with Crippen LogP contribution >= 0.6 is 7.60 Å². The van der Waals surface area contributed by atoms with Gasteiger partial charge in [-0.05, 0) is 45.4 Å². The predicted molar refractivity (Wildman–Crippen MR) is 79.8 cm³/mol. The van der Waals surface area contributed by atoms with Gasteiger partial charge in [-0.1, -0.05) is 12.1 Å². The van der Waals surface area contributed by atoms with E-state index in [4.69, 9.17) is 9.05 Å². The van der Waals surface area contributed by atoms with Crippen molar-refractivity contribution in [2.45, 2.75) is 39.9 Å². The zero-order chi connectivity index (χ0) is 14.3. The average Bonchev–Trinajstić information content (AvgIpc) is 2.31. The lowest BCUT2D eigenvalue weighted by Crippen LogP contribution is -2.09. The molecule has 0 aliphatic carbocycles. The number of benzene rings is 1. The summed E-state index contributed by atoms with van der Waals surface area (Å²) in [6.07, 6.45) is 0.316. The van der Waals surface area contributed by atoms with Crippen molar-refractivity contribution in [1.29, 1.82) is 0 Å². The Balaban J connectivity index is 2.72. The van der Waals surface area contributed by atoms with Gasteiger partial charge in [0.05, 0.1) is 19.4 Å². The van der Waals surface area contributed by atoms with Crippen molar-refractivity contribution in [3.8, 4) is 0 Å². The predicted octanol–water partition coefficient (Wildman–Crippen LogP) is 4.27. The third kappa shape index (κ3) is 5.77. The van der Waals surface area contributed by atoms with E-state index in [2.05, 4.69) is 19.2 Å². The molecule has 1 aromatic carbocycles. The van der Waals surface area contributed by atoms with Crippen LogP contribution < -0.4 is 5.32 Å². The fourth-order valence-corrected chi connectivity index (χ4v) is 3.49. The highest BCUT2D eigenvalue weighted by Crippen LogP contribution is 2.51. The van der Waals surface area contributed by atoms with Crippen LogP contribution in [0.2, 0.25) is 0 Å². The average molecular weight is 285 g/mol. The Morgan fingerprint density at radius 1 is 1.11 bits per heavy atom. The Morgan fingerprint density at radius 3 is 2.05 bits per heavy atom. The number of hydrogen-bond acceptors (Lipinski definition) is 4. The Hall–Kier alpha value is -0.830. The van der Waals surface area contributed by atoms with E-state index in [1.54, 1.807) is 0 Å². The third-order valence-corrected chi connectivity index (χ3v) is 4.49. The molecule has 0 atom stereocenters. The molecule has 19 heavy (non-hydrogen) atoms. The van der Waals surface area contributed by atoms with Gasteiger partial charge in [-0.2, -0.15) is 0 Å². The zero-order valence-electron chi connectivity index (χ0n) is 12.2. The monoisotopic (exact) mass is 285 g/mol. The lowest BCUT2D eigenvalue weighted by Gasteiger charge is -2.17. The fraction of sp³-hybridized carbons (Fsp3) is 0.571. The van der Waals surface area contributed by atoms with E-state index < -0.39 is 7.60 Å². The first-order valence-electron chi connectivity index (χ1n) is 6.72. The normalized spacial score (nSPS) is 11.8. The molecule has 1 N–H and O–H groups in total. The first kappa shape index (κ1) is 16.2. The molecule has 108 valence electrons. The van der Waals surface area contributed by atoms with Crippen molar-refractivity contribution in [3.63, 3.8) is 0 Å². The van der Waals surface area contributed by atoms with Crippen LogP contribution in [0.4, 0.5) is 5.69 Å². The Bertz CT molecular complexity index is 407. The molecule has 0 amide bonds. The third-order valence-electron chi connectivity index (χ3n) is 2.44. The van der Waals surface area contributed by atoms with Crippen molar-refractivity contribution >= 4 is 13.3 Å². The van der Waals surface area contributed by atoms with Crippen LogP contribution in [0.25, 0.3) is 0 Å². The largest absolute Gasteiger partial charge is 0.383 e. The van der Waals surface area contributed by atoms with E-state index >= 15 is 0 Å². The van der Waals surface area contributed by atoms with Gasteiger partial charge in [-0.15, -0.1) is 0 Å². The molecule has 0 aromatic heterocycles. The van der Waals surface area contributed by atoms with Crippen molar-refractivity contribution in [3.05, 3.63) is 29.8 Å². The molecule has 0 bridgehead atoms. The highest BCUT2D eigenvalue weighted by atomic mass is 31.2. The van der Waals surface area contributed by atoms with Gasteiger partial charge in [0.15, 0.2) is 0 Å². The number of nitrogens with one attached hydrogen (secondary N) is 1. The molecule has 4 nitrogen and oxygen atoms in total. The zero-order valence-corrected chi connectivity index (χ0v) is 13.1. The smallest absolute Gasteiger partial charge is 0.335 e. The molecule has 5 heteroatoms. The minimum atomic E-state index is -3.00. The van der Waals surface area contributed by atoms with Gasteiger partial charge in [0.1, 0.15) is 0 Å². The summed E-state index contributed by atoms with van der Waals surface area (Å²) in [5.41, 5.74) is 2.01. The molecule has 0 fully saturated rings. The van der Waals surface area contributed by atoms with Gasteiger partial charge in [0.25, 0.3) is 0 Å². The number of hydrogen-bond donors (Lipinski definition) is 1. The highest BCUT2D eigenvalue weighted by Gasteiger charge is 2.23. The van der Waals surface area contributed by atoms with Crippen LogP contribution in [0, 0.1) is 0 Å². The van der Waals surface area contributed by atoms with Gasteiger partial charge in [0, 0.05) is 11.7 Å². The van der Waals surface area contributed by atoms with E-state index in [-0.39, 0.29) is 0 Å². The highest BCUT2D eigenvalue weighted by molar-refractivity contribution is 7.53. The van der Waals surface area contributed by atoms with Gasteiger partial charge < -0.3 is 14.4 Å². The van der Waals surface area contributed by atoms with Crippen LogP contribution in [0.1, 0.15) is 33.3 Å². The maximum Gasteiger partial charge on any atom is 0.335 e. The molecule has 0 radical (unpaired) electrons. The van der Waals surface area contributed by atoms with Crippen molar-refractivity contribution < 1.29 is 13.6 Å². The molecule has 1 aromatic rings. The molecule has 0 aliphatic rings. The SMILES string of the molecule is CCOP(=O)(Cc1ccc(NC(C)C)cc1)OCC. The van der Waals surface area contributed by atoms with Crippen LogP contribution in [0.15, 0.2) is 24.3 Å². The van der Waals surface area contributed by atoms with Crippen LogP contribution in [-0.2, 0) is 19.8 Å². The van der Waals surface area contributed by atoms with E-state index in [1.807, 2.05) is 38.1 Å². The quantitative estimate of drug-likeness (QED) is 0.724. The first-order valence-corrected chi connectivity index (χ1v) is 8.45. The molecule has 0 aliphatic heterocycles. The first-order chi connectivity index (χ1) is 8.99. The van der Waals surface area contributed by atoms with Crippen LogP contribution in [0.3, 0.4) is 0 Å². The molecule has 0 unspecified atom stereocenters. The molecule has 0 heterocycles. The summed E-state index contributed by atoms with van der Waals surface area (Å²) < 4.78 is 23.0. The fourth-order valence-electron chi connectivity index (χ4n) is 1.79. The lowest BCUT2D eigenvalue weighted by atomic mass is 10.2. The second-order valence-electron chi connectivity index (χ2n) is 4.60. The Kier molecular flexibility index (Phi) is 6.56. The van der Waals surface area contributed by atoms with E-state index in [1.165, 1.54) is 0 Å². The Morgan fingerprint density at radius 2 is 1.63 bits per heavy atom. The molecular weight excluding hydrogens is 261 g/mol. The summed E-state index contributed by atoms with van der Waals surface area (Å²) >= 11 is 0. The van der Waals surface area contributed by atoms with E-state index in [0.29, 0.717) is 25.4 Å². The minimum Gasteiger partial charge on any atom is -0.383 e. The lowest BCUT2D eigenvalue weighted by molar-refractivity contribution is 0.219. The van der Waals surface area contributed by atoms with Gasteiger partial charge in [0.2, 0.25) is 0 Å². The van der Waals surface area contributed by atoms with Crippen molar-refractivity contribution in [2.24, 2.45) is 0 Å².